The zero-order valence-electron chi connectivity index (χ0n) is 16.7. The Hall–Kier alpha value is -2.49. The van der Waals surface area contributed by atoms with Crippen LogP contribution in [-0.2, 0) is 4.74 Å². The van der Waals surface area contributed by atoms with Crippen molar-refractivity contribution in [3.8, 4) is 5.75 Å². The van der Waals surface area contributed by atoms with Gasteiger partial charge in [-0.25, -0.2) is 4.79 Å². The van der Waals surface area contributed by atoms with Gasteiger partial charge in [0.2, 0.25) is 0 Å². The number of benzene rings is 2. The first-order valence-corrected chi connectivity index (χ1v) is 10.2. The van der Waals surface area contributed by atoms with Crippen LogP contribution in [0.2, 0.25) is 0 Å². The first kappa shape index (κ1) is 17.6. The number of hydrogen-bond acceptors (Lipinski definition) is 4. The predicted molar refractivity (Wildman–Crippen MR) is 109 cm³/mol. The number of rotatable bonds is 3. The first-order valence-electron chi connectivity index (χ1n) is 10.2. The zero-order chi connectivity index (χ0) is 19.4. The highest BCUT2D eigenvalue weighted by Gasteiger charge is 2.54. The molecule has 0 spiro atoms. The molecule has 1 N–H and O–H groups in total. The summed E-state index contributed by atoms with van der Waals surface area (Å²) in [5.41, 5.74) is 5.84. The summed E-state index contributed by atoms with van der Waals surface area (Å²) in [6.45, 7) is 2.23. The van der Waals surface area contributed by atoms with Crippen molar-refractivity contribution >= 4 is 11.7 Å². The second kappa shape index (κ2) is 6.54. The standard InChI is InChI=1S/C24H27NO3/c1-13-4-11-18(27-2)23-19(13)20-16-9-10-17(12-16)21(20)22(25-23)14-5-7-15(8-6-14)24(26)28-3/h4-8,11,16-17,20-22,25H,9-10,12H2,1-3H3/t16-,17-,20+,21+,22-/m0/s1. The van der Waals surface area contributed by atoms with Gasteiger partial charge in [0.1, 0.15) is 5.75 Å². The normalized spacial score (nSPS) is 29.6. The largest absolute Gasteiger partial charge is 0.495 e. The summed E-state index contributed by atoms with van der Waals surface area (Å²) in [7, 11) is 3.17. The molecular weight excluding hydrogens is 350 g/mol. The molecule has 28 heavy (non-hydrogen) atoms. The number of aryl methyl sites for hydroxylation is 1. The van der Waals surface area contributed by atoms with Crippen LogP contribution in [0, 0.1) is 24.7 Å². The molecule has 5 rings (SSSR count). The van der Waals surface area contributed by atoms with Gasteiger partial charge in [0.05, 0.1) is 31.5 Å². The Labute approximate surface area is 166 Å². The van der Waals surface area contributed by atoms with Crippen LogP contribution in [0.15, 0.2) is 36.4 Å². The topological polar surface area (TPSA) is 47.6 Å². The van der Waals surface area contributed by atoms with E-state index in [4.69, 9.17) is 9.47 Å². The maximum atomic E-state index is 11.8. The van der Waals surface area contributed by atoms with Gasteiger partial charge < -0.3 is 14.8 Å². The van der Waals surface area contributed by atoms with Gasteiger partial charge in [-0.3, -0.25) is 0 Å². The fraction of sp³-hybridized carbons (Fsp3) is 0.458. The van der Waals surface area contributed by atoms with E-state index < -0.39 is 0 Å². The average Bonchev–Trinajstić information content (AvgIpc) is 3.35. The number of ether oxygens (including phenoxy) is 2. The number of methoxy groups -OCH3 is 2. The average molecular weight is 377 g/mol. The molecule has 1 aliphatic heterocycles. The fourth-order valence-corrected chi connectivity index (χ4v) is 6.20. The lowest BCUT2D eigenvalue weighted by atomic mass is 9.67. The van der Waals surface area contributed by atoms with Crippen LogP contribution in [0.4, 0.5) is 5.69 Å². The highest BCUT2D eigenvalue weighted by molar-refractivity contribution is 5.89. The first-order chi connectivity index (χ1) is 13.6. The lowest BCUT2D eigenvalue weighted by Gasteiger charge is -2.44. The van der Waals surface area contributed by atoms with Crippen molar-refractivity contribution in [3.05, 3.63) is 58.7 Å². The molecule has 2 bridgehead atoms. The Kier molecular flexibility index (Phi) is 4.11. The number of esters is 1. The molecule has 2 aromatic carbocycles. The van der Waals surface area contributed by atoms with E-state index in [0.717, 1.165) is 17.6 Å². The molecule has 0 saturated heterocycles. The second-order valence-electron chi connectivity index (χ2n) is 8.55. The SMILES string of the molecule is COC(=O)c1ccc([C@@H]2Nc3c(OC)ccc(C)c3[C@H]3[C@H]4CC[C@@H](C4)[C@H]32)cc1. The van der Waals surface area contributed by atoms with E-state index in [2.05, 4.69) is 36.5 Å². The molecule has 4 heteroatoms. The zero-order valence-corrected chi connectivity index (χ0v) is 16.7. The molecule has 2 fully saturated rings. The highest BCUT2D eigenvalue weighted by Crippen LogP contribution is 2.65. The van der Waals surface area contributed by atoms with Gasteiger partial charge >= 0.3 is 5.97 Å². The number of fused-ring (bicyclic) bond motifs is 7. The van der Waals surface area contributed by atoms with Crippen LogP contribution in [0.3, 0.4) is 0 Å². The van der Waals surface area contributed by atoms with Crippen LogP contribution < -0.4 is 10.1 Å². The Balaban J connectivity index is 1.60. The van der Waals surface area contributed by atoms with E-state index in [1.807, 2.05) is 12.1 Å². The number of carbonyl (C=O) groups is 1. The summed E-state index contributed by atoms with van der Waals surface area (Å²) in [6, 6.07) is 12.5. The molecular formula is C24H27NO3. The van der Waals surface area contributed by atoms with Gasteiger partial charge in [-0.1, -0.05) is 18.2 Å². The van der Waals surface area contributed by atoms with E-state index in [-0.39, 0.29) is 12.0 Å². The van der Waals surface area contributed by atoms with E-state index >= 15 is 0 Å². The maximum absolute atomic E-state index is 11.8. The van der Waals surface area contributed by atoms with Crippen LogP contribution in [0.25, 0.3) is 0 Å². The monoisotopic (exact) mass is 377 g/mol. The van der Waals surface area contributed by atoms with Crippen molar-refractivity contribution in [2.75, 3.05) is 19.5 Å². The molecule has 4 nitrogen and oxygen atoms in total. The molecule has 2 aliphatic carbocycles. The minimum Gasteiger partial charge on any atom is -0.495 e. The fourth-order valence-electron chi connectivity index (χ4n) is 6.20. The quantitative estimate of drug-likeness (QED) is 0.757. The summed E-state index contributed by atoms with van der Waals surface area (Å²) in [5.74, 6) is 3.38. The number of nitrogens with one attached hydrogen (secondary N) is 1. The summed E-state index contributed by atoms with van der Waals surface area (Å²) in [6.07, 6.45) is 4.02. The number of hydrogen-bond donors (Lipinski definition) is 1. The maximum Gasteiger partial charge on any atom is 0.337 e. The van der Waals surface area contributed by atoms with E-state index in [1.165, 1.54) is 48.8 Å². The van der Waals surface area contributed by atoms with Gasteiger partial charge in [-0.2, -0.15) is 0 Å². The van der Waals surface area contributed by atoms with Gasteiger partial charge in [-0.15, -0.1) is 0 Å². The van der Waals surface area contributed by atoms with Crippen molar-refractivity contribution < 1.29 is 14.3 Å². The molecule has 1 heterocycles. The summed E-state index contributed by atoms with van der Waals surface area (Å²) >= 11 is 0. The van der Waals surface area contributed by atoms with Crippen molar-refractivity contribution in [2.24, 2.45) is 17.8 Å². The van der Waals surface area contributed by atoms with Gasteiger partial charge in [0.15, 0.2) is 0 Å². The molecule has 5 atom stereocenters. The van der Waals surface area contributed by atoms with Gasteiger partial charge in [-0.05, 0) is 84.7 Å². The Bertz CT molecular complexity index is 920. The van der Waals surface area contributed by atoms with Crippen LogP contribution >= 0.6 is 0 Å². The Morgan fingerprint density at radius 3 is 2.50 bits per heavy atom. The third-order valence-corrected chi connectivity index (χ3v) is 7.33. The van der Waals surface area contributed by atoms with Crippen LogP contribution in [0.1, 0.15) is 58.3 Å². The molecule has 146 valence electrons. The molecule has 0 amide bonds. The minimum atomic E-state index is -0.288. The number of carbonyl (C=O) groups excluding carboxylic acids is 1. The van der Waals surface area contributed by atoms with E-state index in [1.54, 1.807) is 7.11 Å². The molecule has 2 saturated carbocycles. The van der Waals surface area contributed by atoms with E-state index in [0.29, 0.717) is 17.4 Å². The van der Waals surface area contributed by atoms with Gasteiger partial charge in [0.25, 0.3) is 0 Å². The molecule has 0 unspecified atom stereocenters. The van der Waals surface area contributed by atoms with Crippen molar-refractivity contribution in [1.82, 2.24) is 0 Å². The second-order valence-corrected chi connectivity index (χ2v) is 8.55. The molecule has 2 aromatic rings. The summed E-state index contributed by atoms with van der Waals surface area (Å²) < 4.78 is 10.6. The molecule has 3 aliphatic rings. The lowest BCUT2D eigenvalue weighted by molar-refractivity contribution is 0.0600. The third kappa shape index (κ3) is 2.47. The smallest absolute Gasteiger partial charge is 0.337 e. The Morgan fingerprint density at radius 1 is 1.04 bits per heavy atom. The lowest BCUT2D eigenvalue weighted by Crippen LogP contribution is -2.36. The summed E-state index contributed by atoms with van der Waals surface area (Å²) in [4.78, 5) is 11.8. The van der Waals surface area contributed by atoms with Gasteiger partial charge in [0, 0.05) is 0 Å². The molecule has 0 radical (unpaired) electrons. The Morgan fingerprint density at radius 2 is 1.79 bits per heavy atom. The highest BCUT2D eigenvalue weighted by atomic mass is 16.5. The molecule has 0 aromatic heterocycles. The number of anilines is 1. The van der Waals surface area contributed by atoms with Crippen LogP contribution in [-0.4, -0.2) is 20.2 Å². The van der Waals surface area contributed by atoms with Crippen molar-refractivity contribution in [3.63, 3.8) is 0 Å². The van der Waals surface area contributed by atoms with Crippen molar-refractivity contribution in [2.45, 2.75) is 38.1 Å². The minimum absolute atomic E-state index is 0.246. The van der Waals surface area contributed by atoms with E-state index in [9.17, 15) is 4.79 Å². The van der Waals surface area contributed by atoms with Crippen LogP contribution in [0.5, 0.6) is 5.75 Å². The summed E-state index contributed by atoms with van der Waals surface area (Å²) in [5, 5.41) is 3.85. The predicted octanol–water partition coefficient (Wildman–Crippen LogP) is 5.09. The van der Waals surface area contributed by atoms with Crippen molar-refractivity contribution in [1.29, 1.82) is 0 Å². The third-order valence-electron chi connectivity index (χ3n) is 7.33.